The maximum atomic E-state index is 11.5. The molecule has 0 aliphatic heterocycles. The molecule has 1 heterocycles. The minimum absolute atomic E-state index is 0.174. The van der Waals surface area contributed by atoms with E-state index in [-0.39, 0.29) is 5.56 Å². The van der Waals surface area contributed by atoms with Gasteiger partial charge in [0.15, 0.2) is 0 Å². The van der Waals surface area contributed by atoms with Gasteiger partial charge in [-0.2, -0.15) is 0 Å². The number of para-hydroxylation sites is 2. The smallest absolute Gasteiger partial charge is 0.269 e. The van der Waals surface area contributed by atoms with Crippen LogP contribution < -0.4 is 5.56 Å². The van der Waals surface area contributed by atoms with Crippen molar-refractivity contribution in [3.05, 3.63) is 53.2 Å². The summed E-state index contributed by atoms with van der Waals surface area (Å²) in [5.41, 5.74) is 1.36. The van der Waals surface area contributed by atoms with Gasteiger partial charge < -0.3 is 9.67 Å². The lowest BCUT2D eigenvalue weighted by Crippen LogP contribution is -2.19. The zero-order chi connectivity index (χ0) is 10.7. The van der Waals surface area contributed by atoms with Crippen LogP contribution in [0.15, 0.2) is 47.6 Å². The quantitative estimate of drug-likeness (QED) is 0.750. The van der Waals surface area contributed by atoms with E-state index in [4.69, 9.17) is 5.11 Å². The van der Waals surface area contributed by atoms with Gasteiger partial charge in [-0.25, -0.2) is 4.98 Å². The zero-order valence-corrected chi connectivity index (χ0v) is 8.00. The lowest BCUT2D eigenvalue weighted by molar-refractivity contribution is 0.469. The van der Waals surface area contributed by atoms with Crippen LogP contribution in [0.25, 0.3) is 11.0 Å². The van der Waals surface area contributed by atoms with Crippen molar-refractivity contribution in [1.82, 2.24) is 9.55 Å². The lowest BCUT2D eigenvalue weighted by atomic mass is 10.3. The van der Waals surface area contributed by atoms with Gasteiger partial charge in [0.1, 0.15) is 0 Å². The van der Waals surface area contributed by atoms with Crippen LogP contribution in [-0.4, -0.2) is 14.7 Å². The van der Waals surface area contributed by atoms with E-state index >= 15 is 0 Å². The predicted octanol–water partition coefficient (Wildman–Crippen LogP) is 1.47. The first kappa shape index (κ1) is 9.45. The molecule has 0 atom stereocenters. The third-order valence-corrected chi connectivity index (χ3v) is 2.15. The van der Waals surface area contributed by atoms with Crippen LogP contribution in [0.4, 0.5) is 0 Å². The number of benzene rings is 1. The highest BCUT2D eigenvalue weighted by molar-refractivity contribution is 5.74. The summed E-state index contributed by atoms with van der Waals surface area (Å²) in [5.74, 6) is 0. The van der Waals surface area contributed by atoms with E-state index in [1.807, 2.05) is 24.3 Å². The standard InChI is InChI=1S/C11H10N2O2/c14-7-3-6-13-10-5-2-1-4-9(10)12-8-11(13)15/h1-5,7-8,14H,6H2/b7-3+. The Balaban J connectivity index is 2.68. The topological polar surface area (TPSA) is 55.1 Å². The summed E-state index contributed by atoms with van der Waals surface area (Å²) in [7, 11) is 0. The van der Waals surface area contributed by atoms with Gasteiger partial charge in [0.05, 0.1) is 23.5 Å². The highest BCUT2D eigenvalue weighted by atomic mass is 16.2. The van der Waals surface area contributed by atoms with Gasteiger partial charge in [-0.15, -0.1) is 0 Å². The van der Waals surface area contributed by atoms with E-state index in [1.54, 1.807) is 4.57 Å². The Morgan fingerprint density at radius 3 is 3.00 bits per heavy atom. The number of fused-ring (bicyclic) bond motifs is 1. The molecule has 0 spiro atoms. The van der Waals surface area contributed by atoms with E-state index < -0.39 is 0 Å². The first-order valence-electron chi connectivity index (χ1n) is 4.57. The average Bonchev–Trinajstić information content (AvgIpc) is 2.28. The molecule has 1 aromatic heterocycles. The molecule has 0 saturated carbocycles. The Hall–Kier alpha value is -2.10. The first-order chi connectivity index (χ1) is 7.33. The molecule has 0 fully saturated rings. The number of hydrogen-bond acceptors (Lipinski definition) is 3. The maximum Gasteiger partial charge on any atom is 0.269 e. The van der Waals surface area contributed by atoms with Crippen LogP contribution in [0.3, 0.4) is 0 Å². The van der Waals surface area contributed by atoms with Gasteiger partial charge in [0.25, 0.3) is 5.56 Å². The molecule has 0 saturated heterocycles. The minimum atomic E-state index is -0.174. The normalized spacial score (nSPS) is 11.2. The van der Waals surface area contributed by atoms with Gasteiger partial charge in [0.2, 0.25) is 0 Å². The number of rotatable bonds is 2. The zero-order valence-electron chi connectivity index (χ0n) is 8.00. The monoisotopic (exact) mass is 202 g/mol. The van der Waals surface area contributed by atoms with Crippen molar-refractivity contribution in [2.75, 3.05) is 0 Å². The second kappa shape index (κ2) is 3.96. The van der Waals surface area contributed by atoms with Crippen molar-refractivity contribution >= 4 is 11.0 Å². The maximum absolute atomic E-state index is 11.5. The van der Waals surface area contributed by atoms with Crippen molar-refractivity contribution < 1.29 is 5.11 Å². The Morgan fingerprint density at radius 1 is 1.40 bits per heavy atom. The molecule has 2 rings (SSSR count). The predicted molar refractivity (Wildman–Crippen MR) is 57.8 cm³/mol. The molecule has 0 aliphatic rings. The van der Waals surface area contributed by atoms with Crippen LogP contribution in [-0.2, 0) is 6.54 Å². The van der Waals surface area contributed by atoms with Crippen molar-refractivity contribution in [3.8, 4) is 0 Å². The SMILES string of the molecule is O=c1cnc2ccccc2n1C/C=C/O. The second-order valence-electron chi connectivity index (χ2n) is 3.08. The van der Waals surface area contributed by atoms with E-state index in [0.29, 0.717) is 6.54 Å². The fourth-order valence-electron chi connectivity index (χ4n) is 1.46. The van der Waals surface area contributed by atoms with Crippen LogP contribution in [0, 0.1) is 0 Å². The number of aliphatic hydroxyl groups is 1. The van der Waals surface area contributed by atoms with Crippen LogP contribution in [0.5, 0.6) is 0 Å². The molecule has 1 aromatic carbocycles. The summed E-state index contributed by atoms with van der Waals surface area (Å²) in [4.78, 5) is 15.6. The highest BCUT2D eigenvalue weighted by Crippen LogP contribution is 2.07. The van der Waals surface area contributed by atoms with Crippen molar-refractivity contribution in [1.29, 1.82) is 0 Å². The molecule has 0 amide bonds. The molecule has 1 N–H and O–H groups in total. The largest absolute Gasteiger partial charge is 0.516 e. The van der Waals surface area contributed by atoms with Gasteiger partial charge >= 0.3 is 0 Å². The van der Waals surface area contributed by atoms with Gasteiger partial charge in [0, 0.05) is 6.54 Å². The van der Waals surface area contributed by atoms with Crippen LogP contribution >= 0.6 is 0 Å². The minimum Gasteiger partial charge on any atom is -0.516 e. The number of aliphatic hydroxyl groups excluding tert-OH is 1. The van der Waals surface area contributed by atoms with Crippen LogP contribution in [0.1, 0.15) is 0 Å². The van der Waals surface area contributed by atoms with E-state index in [9.17, 15) is 4.79 Å². The van der Waals surface area contributed by atoms with Gasteiger partial charge in [-0.1, -0.05) is 12.1 Å². The molecule has 0 radical (unpaired) electrons. The summed E-state index contributed by atoms with van der Waals surface area (Å²) in [6.45, 7) is 0.346. The van der Waals surface area contributed by atoms with Crippen LogP contribution in [0.2, 0.25) is 0 Å². The number of nitrogens with zero attached hydrogens (tertiary/aromatic N) is 2. The third-order valence-electron chi connectivity index (χ3n) is 2.15. The molecule has 2 aromatic rings. The Labute approximate surface area is 86.1 Å². The summed E-state index contributed by atoms with van der Waals surface area (Å²) in [6, 6.07) is 7.39. The van der Waals surface area contributed by atoms with E-state index in [2.05, 4.69) is 4.98 Å². The molecule has 0 aliphatic carbocycles. The number of aromatic nitrogens is 2. The summed E-state index contributed by atoms with van der Waals surface area (Å²) in [5, 5.41) is 8.58. The summed E-state index contributed by atoms with van der Waals surface area (Å²) >= 11 is 0. The molecular formula is C11H10N2O2. The molecule has 0 bridgehead atoms. The molecule has 15 heavy (non-hydrogen) atoms. The number of hydrogen-bond donors (Lipinski definition) is 1. The lowest BCUT2D eigenvalue weighted by Gasteiger charge is -2.05. The Morgan fingerprint density at radius 2 is 2.20 bits per heavy atom. The fraction of sp³-hybridized carbons (Fsp3) is 0.0909. The summed E-state index contributed by atoms with van der Waals surface area (Å²) in [6.07, 6.45) is 3.73. The molecule has 0 unspecified atom stereocenters. The van der Waals surface area contributed by atoms with Crippen molar-refractivity contribution in [2.24, 2.45) is 0 Å². The average molecular weight is 202 g/mol. The molecule has 4 heteroatoms. The summed E-state index contributed by atoms with van der Waals surface area (Å²) < 4.78 is 1.55. The Bertz CT molecular complexity index is 558. The van der Waals surface area contributed by atoms with Crippen molar-refractivity contribution in [3.63, 3.8) is 0 Å². The van der Waals surface area contributed by atoms with Gasteiger partial charge in [-0.05, 0) is 18.2 Å². The van der Waals surface area contributed by atoms with Gasteiger partial charge in [-0.3, -0.25) is 4.79 Å². The van der Waals surface area contributed by atoms with Crippen molar-refractivity contribution in [2.45, 2.75) is 6.54 Å². The van der Waals surface area contributed by atoms with E-state index in [1.165, 1.54) is 12.3 Å². The highest BCUT2D eigenvalue weighted by Gasteiger charge is 2.00. The van der Waals surface area contributed by atoms with E-state index in [0.717, 1.165) is 17.3 Å². The Kier molecular flexibility index (Phi) is 2.49. The first-order valence-corrected chi connectivity index (χ1v) is 4.57. The molecule has 4 nitrogen and oxygen atoms in total. The molecular weight excluding hydrogens is 192 g/mol. The fourth-order valence-corrected chi connectivity index (χ4v) is 1.46. The third kappa shape index (κ3) is 1.74. The second-order valence-corrected chi connectivity index (χ2v) is 3.08. The molecule has 76 valence electrons. The number of allylic oxidation sites excluding steroid dienone is 1.